The third kappa shape index (κ3) is 3.84. The number of rotatable bonds is 5. The van der Waals surface area contributed by atoms with Crippen LogP contribution in [0.1, 0.15) is 24.2 Å². The fourth-order valence-corrected chi connectivity index (χ4v) is 1.52. The number of aromatic carboxylic acids is 1. The predicted octanol–water partition coefficient (Wildman–Crippen LogP) is 1.04. The number of halogens is 1. The Morgan fingerprint density at radius 1 is 1.42 bits per heavy atom. The van der Waals surface area contributed by atoms with Gasteiger partial charge in [-0.1, -0.05) is 0 Å². The van der Waals surface area contributed by atoms with Gasteiger partial charge in [-0.15, -0.1) is 0 Å². The number of carbonyl (C=O) groups excluding carboxylic acids is 1. The number of anilines is 2. The number of hydrogen-bond donors (Lipinski definition) is 4. The Kier molecular flexibility index (Phi) is 4.68. The average molecular weight is 269 g/mol. The molecule has 0 saturated heterocycles. The van der Waals surface area contributed by atoms with Gasteiger partial charge >= 0.3 is 5.97 Å². The molecule has 5 N–H and O–H groups in total. The van der Waals surface area contributed by atoms with E-state index in [4.69, 9.17) is 10.8 Å². The Hall–Kier alpha value is -2.31. The van der Waals surface area contributed by atoms with Crippen LogP contribution in [-0.4, -0.2) is 29.6 Å². The Morgan fingerprint density at radius 3 is 2.58 bits per heavy atom. The molecule has 104 valence electrons. The highest BCUT2D eigenvalue weighted by atomic mass is 19.1. The summed E-state index contributed by atoms with van der Waals surface area (Å²) in [5, 5.41) is 14.3. The van der Waals surface area contributed by atoms with E-state index in [1.165, 1.54) is 6.07 Å². The quantitative estimate of drug-likeness (QED) is 0.598. The number of hydrogen-bond acceptors (Lipinski definition) is 4. The summed E-state index contributed by atoms with van der Waals surface area (Å²) >= 11 is 0. The highest BCUT2D eigenvalue weighted by Gasteiger charge is 2.17. The van der Waals surface area contributed by atoms with E-state index in [2.05, 4.69) is 10.6 Å². The van der Waals surface area contributed by atoms with E-state index in [0.29, 0.717) is 0 Å². The maximum absolute atomic E-state index is 13.2. The molecule has 1 rings (SSSR count). The molecule has 6 nitrogen and oxygen atoms in total. The van der Waals surface area contributed by atoms with Crippen molar-refractivity contribution < 1.29 is 19.1 Å². The zero-order chi connectivity index (χ0) is 14.6. The van der Waals surface area contributed by atoms with E-state index >= 15 is 0 Å². The first-order valence-electron chi connectivity index (χ1n) is 5.67. The van der Waals surface area contributed by atoms with Gasteiger partial charge in [0.1, 0.15) is 11.4 Å². The third-order valence-electron chi connectivity index (χ3n) is 2.30. The Morgan fingerprint density at radius 2 is 2.05 bits per heavy atom. The SMILES string of the molecule is CC(C)NC(=O)CNc1ccc(F)c(N)c1C(=O)O. The van der Waals surface area contributed by atoms with Gasteiger partial charge in [-0.05, 0) is 26.0 Å². The summed E-state index contributed by atoms with van der Waals surface area (Å²) in [5.41, 5.74) is 4.64. The molecule has 1 aromatic carbocycles. The van der Waals surface area contributed by atoms with Crippen molar-refractivity contribution in [2.24, 2.45) is 0 Å². The number of carboxylic acids is 1. The van der Waals surface area contributed by atoms with Crippen molar-refractivity contribution in [2.45, 2.75) is 19.9 Å². The largest absolute Gasteiger partial charge is 0.478 e. The lowest BCUT2D eigenvalue weighted by atomic mass is 10.1. The molecule has 0 aromatic heterocycles. The Bertz CT molecular complexity index is 503. The van der Waals surface area contributed by atoms with Crippen molar-refractivity contribution >= 4 is 23.3 Å². The zero-order valence-corrected chi connectivity index (χ0v) is 10.7. The number of carbonyl (C=O) groups is 2. The molecule has 0 spiro atoms. The standard InChI is InChI=1S/C12H16FN3O3/c1-6(2)16-9(17)5-15-8-4-3-7(13)11(14)10(8)12(18)19/h3-4,6,15H,5,14H2,1-2H3,(H,16,17)(H,18,19). The lowest BCUT2D eigenvalue weighted by Gasteiger charge is -2.13. The second-order valence-corrected chi connectivity index (χ2v) is 4.26. The van der Waals surface area contributed by atoms with Crippen LogP contribution < -0.4 is 16.4 Å². The normalized spacial score (nSPS) is 10.3. The fraction of sp³-hybridized carbons (Fsp3) is 0.333. The molecule has 1 aromatic rings. The van der Waals surface area contributed by atoms with Crippen molar-refractivity contribution in [3.63, 3.8) is 0 Å². The molecule has 0 aliphatic carbocycles. The number of carboxylic acid groups (broad SMARTS) is 1. The minimum absolute atomic E-state index is 0.0217. The molecular formula is C12H16FN3O3. The molecular weight excluding hydrogens is 253 g/mol. The van der Waals surface area contributed by atoms with Crippen molar-refractivity contribution in [3.05, 3.63) is 23.5 Å². The van der Waals surface area contributed by atoms with Gasteiger partial charge in [-0.2, -0.15) is 0 Å². The van der Waals surface area contributed by atoms with Gasteiger partial charge in [0.2, 0.25) is 5.91 Å². The van der Waals surface area contributed by atoms with Gasteiger partial charge in [0.25, 0.3) is 0 Å². The molecule has 1 amide bonds. The smallest absolute Gasteiger partial charge is 0.340 e. The van der Waals surface area contributed by atoms with Gasteiger partial charge in [-0.25, -0.2) is 9.18 Å². The van der Waals surface area contributed by atoms with Crippen LogP contribution in [0.2, 0.25) is 0 Å². The first-order valence-corrected chi connectivity index (χ1v) is 5.67. The van der Waals surface area contributed by atoms with Gasteiger partial charge in [0, 0.05) is 6.04 Å². The van der Waals surface area contributed by atoms with Gasteiger partial charge in [0.05, 0.1) is 17.9 Å². The lowest BCUT2D eigenvalue weighted by molar-refractivity contribution is -0.119. The minimum atomic E-state index is -1.36. The number of nitrogens with two attached hydrogens (primary N) is 1. The molecule has 0 unspecified atom stereocenters. The van der Waals surface area contributed by atoms with Gasteiger partial charge in [0.15, 0.2) is 0 Å². The van der Waals surface area contributed by atoms with Crippen LogP contribution >= 0.6 is 0 Å². The van der Waals surface area contributed by atoms with Crippen LogP contribution in [0.15, 0.2) is 12.1 Å². The maximum atomic E-state index is 13.2. The third-order valence-corrected chi connectivity index (χ3v) is 2.30. The topological polar surface area (TPSA) is 104 Å². The van der Waals surface area contributed by atoms with Crippen molar-refractivity contribution in [1.82, 2.24) is 5.32 Å². The van der Waals surface area contributed by atoms with Crippen LogP contribution in [-0.2, 0) is 4.79 Å². The van der Waals surface area contributed by atoms with Gasteiger partial charge in [-0.3, -0.25) is 4.79 Å². The number of nitrogen functional groups attached to an aromatic ring is 1. The van der Waals surface area contributed by atoms with E-state index in [1.807, 2.05) is 0 Å². The monoisotopic (exact) mass is 269 g/mol. The van der Waals surface area contributed by atoms with Crippen molar-refractivity contribution in [1.29, 1.82) is 0 Å². The molecule has 0 fully saturated rings. The summed E-state index contributed by atoms with van der Waals surface area (Å²) in [4.78, 5) is 22.5. The summed E-state index contributed by atoms with van der Waals surface area (Å²) in [7, 11) is 0. The fourth-order valence-electron chi connectivity index (χ4n) is 1.52. The maximum Gasteiger partial charge on any atom is 0.340 e. The number of nitrogens with one attached hydrogen (secondary N) is 2. The molecule has 0 aliphatic rings. The molecule has 0 atom stereocenters. The molecule has 0 bridgehead atoms. The second-order valence-electron chi connectivity index (χ2n) is 4.26. The van der Waals surface area contributed by atoms with E-state index in [-0.39, 0.29) is 29.7 Å². The molecule has 7 heteroatoms. The molecule has 0 aliphatic heterocycles. The first kappa shape index (κ1) is 14.7. The average Bonchev–Trinajstić information content (AvgIpc) is 2.29. The van der Waals surface area contributed by atoms with Crippen LogP contribution in [0.3, 0.4) is 0 Å². The summed E-state index contributed by atoms with van der Waals surface area (Å²) in [6.07, 6.45) is 0. The lowest BCUT2D eigenvalue weighted by Crippen LogP contribution is -2.35. The highest BCUT2D eigenvalue weighted by Crippen LogP contribution is 2.24. The highest BCUT2D eigenvalue weighted by molar-refractivity contribution is 6.00. The van der Waals surface area contributed by atoms with Crippen LogP contribution in [0.25, 0.3) is 0 Å². The van der Waals surface area contributed by atoms with Gasteiger partial charge < -0.3 is 21.5 Å². The summed E-state index contributed by atoms with van der Waals surface area (Å²) in [5.74, 6) is -2.47. The molecule has 0 radical (unpaired) electrons. The Balaban J connectivity index is 2.87. The molecule has 0 heterocycles. The van der Waals surface area contributed by atoms with Crippen LogP contribution in [0.5, 0.6) is 0 Å². The number of amides is 1. The minimum Gasteiger partial charge on any atom is -0.478 e. The van der Waals surface area contributed by atoms with Crippen molar-refractivity contribution in [2.75, 3.05) is 17.6 Å². The van der Waals surface area contributed by atoms with E-state index in [0.717, 1.165) is 6.07 Å². The Labute approximate surface area is 109 Å². The van der Waals surface area contributed by atoms with Crippen molar-refractivity contribution in [3.8, 4) is 0 Å². The second kappa shape index (κ2) is 6.03. The summed E-state index contributed by atoms with van der Waals surface area (Å²) < 4.78 is 13.2. The van der Waals surface area contributed by atoms with E-state index in [1.54, 1.807) is 13.8 Å². The van der Waals surface area contributed by atoms with E-state index < -0.39 is 17.5 Å². The predicted molar refractivity (Wildman–Crippen MR) is 69.5 cm³/mol. The zero-order valence-electron chi connectivity index (χ0n) is 10.7. The first-order chi connectivity index (χ1) is 8.82. The summed E-state index contributed by atoms with van der Waals surface area (Å²) in [6, 6.07) is 2.26. The number of benzene rings is 1. The van der Waals surface area contributed by atoms with Crippen LogP contribution in [0.4, 0.5) is 15.8 Å². The van der Waals surface area contributed by atoms with Crippen LogP contribution in [0, 0.1) is 5.82 Å². The molecule has 0 saturated carbocycles. The molecule has 19 heavy (non-hydrogen) atoms. The summed E-state index contributed by atoms with van der Waals surface area (Å²) in [6.45, 7) is 3.48. The van der Waals surface area contributed by atoms with E-state index in [9.17, 15) is 14.0 Å².